The zero-order valence-corrected chi connectivity index (χ0v) is 15.2. The van der Waals surface area contributed by atoms with Crippen LogP contribution in [0.5, 0.6) is 0 Å². The Morgan fingerprint density at radius 3 is 2.88 bits per heavy atom. The Kier molecular flexibility index (Phi) is 3.30. The van der Waals surface area contributed by atoms with E-state index in [-0.39, 0.29) is 5.41 Å². The average molecular weight is 392 g/mol. The number of hydrogen-bond donors (Lipinski definition) is 2. The second-order valence-corrected chi connectivity index (χ2v) is 7.76. The van der Waals surface area contributed by atoms with Crippen molar-refractivity contribution in [1.82, 2.24) is 24.6 Å². The van der Waals surface area contributed by atoms with Crippen molar-refractivity contribution in [2.75, 3.05) is 13.1 Å². The summed E-state index contributed by atoms with van der Waals surface area (Å²) in [5.74, 6) is 0. The van der Waals surface area contributed by atoms with E-state index in [9.17, 15) is 9.90 Å². The molecule has 26 heavy (non-hydrogen) atoms. The van der Waals surface area contributed by atoms with E-state index in [2.05, 4.69) is 9.97 Å². The van der Waals surface area contributed by atoms with Gasteiger partial charge in [0.15, 0.2) is 0 Å². The van der Waals surface area contributed by atoms with Gasteiger partial charge in [-0.25, -0.2) is 9.78 Å². The van der Waals surface area contributed by atoms with Crippen LogP contribution in [0.15, 0.2) is 18.5 Å². The molecule has 5 rings (SSSR count). The van der Waals surface area contributed by atoms with Gasteiger partial charge < -0.3 is 15.0 Å². The molecule has 0 radical (unpaired) electrons. The summed E-state index contributed by atoms with van der Waals surface area (Å²) >= 11 is 12.9. The van der Waals surface area contributed by atoms with Crippen LogP contribution in [0.2, 0.25) is 10.0 Å². The van der Waals surface area contributed by atoms with Gasteiger partial charge >= 0.3 is 6.09 Å². The number of nitrogens with zero attached hydrogens (tertiary/aromatic N) is 4. The minimum atomic E-state index is -0.882. The van der Waals surface area contributed by atoms with E-state index < -0.39 is 6.09 Å². The molecule has 1 spiro atoms. The van der Waals surface area contributed by atoms with Gasteiger partial charge in [-0.15, -0.1) is 0 Å². The summed E-state index contributed by atoms with van der Waals surface area (Å²) < 4.78 is 1.92. The SMILES string of the molecule is O=C(O)N1CCC2(CCn3nc(-c4cnc5[nH]cc(Cl)c5c4)c(Cl)c32)C1. The number of aromatic nitrogens is 4. The highest BCUT2D eigenvalue weighted by Gasteiger charge is 2.48. The Morgan fingerprint density at radius 2 is 2.12 bits per heavy atom. The first-order valence-corrected chi connectivity index (χ1v) is 9.12. The molecule has 134 valence electrons. The van der Waals surface area contributed by atoms with E-state index in [4.69, 9.17) is 28.3 Å². The maximum absolute atomic E-state index is 11.3. The van der Waals surface area contributed by atoms with Crippen molar-refractivity contribution in [3.8, 4) is 11.3 Å². The first kappa shape index (κ1) is 16.0. The third kappa shape index (κ3) is 2.10. The van der Waals surface area contributed by atoms with Gasteiger partial charge in [0.25, 0.3) is 0 Å². The van der Waals surface area contributed by atoms with Gasteiger partial charge in [-0.1, -0.05) is 23.2 Å². The number of hydrogen-bond acceptors (Lipinski definition) is 3. The highest BCUT2D eigenvalue weighted by atomic mass is 35.5. The largest absolute Gasteiger partial charge is 0.465 e. The molecule has 0 aliphatic carbocycles. The predicted octanol–water partition coefficient (Wildman–Crippen LogP) is 3.76. The number of carboxylic acid groups (broad SMARTS) is 1. The number of likely N-dealkylation sites (tertiary alicyclic amines) is 1. The van der Waals surface area contributed by atoms with Crippen molar-refractivity contribution in [2.24, 2.45) is 0 Å². The molecule has 1 unspecified atom stereocenters. The average Bonchev–Trinajstić information content (AvgIpc) is 3.36. The van der Waals surface area contributed by atoms with Gasteiger partial charge in [-0.3, -0.25) is 4.68 Å². The van der Waals surface area contributed by atoms with Crippen molar-refractivity contribution >= 4 is 40.3 Å². The molecule has 2 aliphatic heterocycles. The number of amides is 1. The normalized spacial score (nSPS) is 21.8. The molecule has 1 fully saturated rings. The minimum Gasteiger partial charge on any atom is -0.465 e. The molecule has 5 heterocycles. The topological polar surface area (TPSA) is 87.0 Å². The number of halogens is 2. The van der Waals surface area contributed by atoms with Crippen LogP contribution in [-0.2, 0) is 12.0 Å². The number of nitrogens with one attached hydrogen (secondary N) is 1. The Hall–Kier alpha value is -2.25. The van der Waals surface area contributed by atoms with Crippen molar-refractivity contribution in [3.05, 3.63) is 34.2 Å². The summed E-state index contributed by atoms with van der Waals surface area (Å²) in [5.41, 5.74) is 2.88. The Morgan fingerprint density at radius 1 is 1.31 bits per heavy atom. The van der Waals surface area contributed by atoms with Crippen LogP contribution in [-0.4, -0.2) is 48.9 Å². The predicted molar refractivity (Wildman–Crippen MR) is 97.8 cm³/mol. The van der Waals surface area contributed by atoms with E-state index in [1.165, 1.54) is 4.90 Å². The maximum atomic E-state index is 11.3. The highest BCUT2D eigenvalue weighted by Crippen LogP contribution is 2.48. The van der Waals surface area contributed by atoms with Crippen molar-refractivity contribution < 1.29 is 9.90 Å². The van der Waals surface area contributed by atoms with Gasteiger partial charge in [0.1, 0.15) is 11.3 Å². The molecule has 7 nitrogen and oxygen atoms in total. The molecule has 0 saturated carbocycles. The van der Waals surface area contributed by atoms with Crippen molar-refractivity contribution in [1.29, 1.82) is 0 Å². The number of H-pyrrole nitrogens is 1. The standard InChI is InChI=1S/C17H15Cl2N5O2/c18-11-7-21-15-10(11)5-9(6-20-15)13-12(19)14-17(2-4-24(14)22-13)1-3-23(8-17)16(25)26/h5-7H,1-4,8H2,(H,20,21)(H,25,26). The zero-order valence-electron chi connectivity index (χ0n) is 13.7. The van der Waals surface area contributed by atoms with Gasteiger partial charge in [0.2, 0.25) is 0 Å². The van der Waals surface area contributed by atoms with Crippen LogP contribution in [0.4, 0.5) is 4.79 Å². The molecule has 2 N–H and O–H groups in total. The summed E-state index contributed by atoms with van der Waals surface area (Å²) in [7, 11) is 0. The van der Waals surface area contributed by atoms with Crippen LogP contribution < -0.4 is 0 Å². The third-order valence-corrected chi connectivity index (χ3v) is 6.25. The summed E-state index contributed by atoms with van der Waals surface area (Å²) in [5, 5.41) is 16.0. The van der Waals surface area contributed by atoms with Crippen molar-refractivity contribution in [2.45, 2.75) is 24.8 Å². The fourth-order valence-electron chi connectivity index (χ4n) is 4.27. The zero-order chi connectivity index (χ0) is 18.1. The van der Waals surface area contributed by atoms with E-state index in [0.717, 1.165) is 36.0 Å². The van der Waals surface area contributed by atoms with Crippen LogP contribution >= 0.6 is 23.2 Å². The third-order valence-electron chi connectivity index (χ3n) is 5.58. The lowest BCUT2D eigenvalue weighted by atomic mass is 9.82. The second kappa shape index (κ2) is 5.37. The summed E-state index contributed by atoms with van der Waals surface area (Å²) in [6.45, 7) is 1.73. The fourth-order valence-corrected chi connectivity index (χ4v) is 4.91. The van der Waals surface area contributed by atoms with E-state index in [1.54, 1.807) is 12.4 Å². The Labute approximate surface area is 158 Å². The Balaban J connectivity index is 1.60. The number of carbonyl (C=O) groups is 1. The second-order valence-electron chi connectivity index (χ2n) is 6.98. The van der Waals surface area contributed by atoms with E-state index >= 15 is 0 Å². The monoisotopic (exact) mass is 391 g/mol. The first-order valence-electron chi connectivity index (χ1n) is 8.36. The molecule has 1 saturated heterocycles. The molecular formula is C17H15Cl2N5O2. The number of pyridine rings is 1. The lowest BCUT2D eigenvalue weighted by molar-refractivity contribution is 0.153. The first-order chi connectivity index (χ1) is 12.5. The van der Waals surface area contributed by atoms with Crippen LogP contribution in [0.1, 0.15) is 18.5 Å². The molecule has 1 atom stereocenters. The van der Waals surface area contributed by atoms with Crippen LogP contribution in [0, 0.1) is 0 Å². The number of aryl methyl sites for hydroxylation is 1. The molecule has 1 amide bonds. The summed E-state index contributed by atoms with van der Waals surface area (Å²) in [6.07, 6.45) is 4.17. The lowest BCUT2D eigenvalue weighted by Crippen LogP contribution is -2.32. The molecule has 3 aromatic heterocycles. The quantitative estimate of drug-likeness (QED) is 0.660. The van der Waals surface area contributed by atoms with Gasteiger partial charge in [-0.2, -0.15) is 5.10 Å². The smallest absolute Gasteiger partial charge is 0.407 e. The number of fused-ring (bicyclic) bond motifs is 3. The molecule has 9 heteroatoms. The molecule has 2 aliphatic rings. The molecule has 0 aromatic carbocycles. The van der Waals surface area contributed by atoms with Gasteiger partial charge in [-0.05, 0) is 18.9 Å². The molecule has 0 bridgehead atoms. The molecule has 3 aromatic rings. The highest BCUT2D eigenvalue weighted by molar-refractivity contribution is 6.36. The number of rotatable bonds is 1. The van der Waals surface area contributed by atoms with Gasteiger partial charge in [0, 0.05) is 48.4 Å². The van der Waals surface area contributed by atoms with Gasteiger partial charge in [0.05, 0.1) is 15.7 Å². The van der Waals surface area contributed by atoms with E-state index in [0.29, 0.717) is 34.5 Å². The fraction of sp³-hybridized carbons (Fsp3) is 0.353. The van der Waals surface area contributed by atoms with Crippen LogP contribution in [0.3, 0.4) is 0 Å². The maximum Gasteiger partial charge on any atom is 0.407 e. The number of aromatic amines is 1. The Bertz CT molecular complexity index is 1060. The van der Waals surface area contributed by atoms with Crippen LogP contribution in [0.25, 0.3) is 22.3 Å². The summed E-state index contributed by atoms with van der Waals surface area (Å²) in [4.78, 5) is 20.2. The lowest BCUT2D eigenvalue weighted by Gasteiger charge is -2.22. The summed E-state index contributed by atoms with van der Waals surface area (Å²) in [6, 6.07) is 1.93. The molecular weight excluding hydrogens is 377 g/mol. The van der Waals surface area contributed by atoms with Crippen molar-refractivity contribution in [3.63, 3.8) is 0 Å². The van der Waals surface area contributed by atoms with E-state index in [1.807, 2.05) is 10.7 Å². The minimum absolute atomic E-state index is 0.246.